The monoisotopic (exact) mass is 471 g/mol. The molecule has 2 aromatic carbocycles. The fourth-order valence-corrected chi connectivity index (χ4v) is 6.06. The number of aliphatic hydroxyl groups excluding tert-OH is 1. The van der Waals surface area contributed by atoms with E-state index in [1.807, 2.05) is 24.3 Å². The Bertz CT molecular complexity index is 1080. The van der Waals surface area contributed by atoms with E-state index in [-0.39, 0.29) is 30.5 Å². The standard InChI is InChI=1S/C25H33N3O4S/c1-26(2)25(30)21-12-8-19(9-13-21)18-6-10-20(11-7-18)24-22-16-27(33(3,31)32)14-4-5-15-28(22)23(24)17-29/h6-13,22-24,29H,4-5,14-17H2,1-3H3/t22-,23-,24+/m0/s1. The second-order valence-electron chi connectivity index (χ2n) is 9.31. The Balaban J connectivity index is 1.55. The Morgan fingerprint density at radius 1 is 1.00 bits per heavy atom. The van der Waals surface area contributed by atoms with Crippen molar-refractivity contribution in [3.05, 3.63) is 59.7 Å². The minimum Gasteiger partial charge on any atom is -0.395 e. The summed E-state index contributed by atoms with van der Waals surface area (Å²) in [7, 11) is 0.216. The van der Waals surface area contributed by atoms with E-state index >= 15 is 0 Å². The van der Waals surface area contributed by atoms with Crippen LogP contribution in [0, 0.1) is 0 Å². The van der Waals surface area contributed by atoms with Crippen molar-refractivity contribution < 1.29 is 18.3 Å². The number of benzene rings is 2. The molecule has 0 aromatic heterocycles. The molecule has 3 atom stereocenters. The molecule has 2 aliphatic heterocycles. The lowest BCUT2D eigenvalue weighted by atomic mass is 9.74. The largest absolute Gasteiger partial charge is 0.395 e. The van der Waals surface area contributed by atoms with Gasteiger partial charge in [0, 0.05) is 50.7 Å². The van der Waals surface area contributed by atoms with Crippen LogP contribution in [-0.2, 0) is 10.0 Å². The van der Waals surface area contributed by atoms with Gasteiger partial charge in [-0.15, -0.1) is 0 Å². The molecule has 8 heteroatoms. The first-order valence-corrected chi connectivity index (χ1v) is 13.3. The molecule has 0 saturated carbocycles. The molecule has 0 aliphatic carbocycles. The molecule has 33 heavy (non-hydrogen) atoms. The van der Waals surface area contributed by atoms with Gasteiger partial charge in [-0.1, -0.05) is 36.4 Å². The van der Waals surface area contributed by atoms with Crippen LogP contribution in [0.1, 0.15) is 34.7 Å². The predicted octanol–water partition coefficient (Wildman–Crippen LogP) is 2.24. The zero-order valence-electron chi connectivity index (χ0n) is 19.5. The SMILES string of the molecule is CN(C)C(=O)c1ccc(-c2ccc([C@H]3[C@H](CO)N4CCCCN(S(C)(=O)=O)C[C@@H]34)cc2)cc1. The molecular formula is C25H33N3O4S. The van der Waals surface area contributed by atoms with Crippen molar-refractivity contribution in [3.8, 4) is 11.1 Å². The van der Waals surface area contributed by atoms with Crippen LogP contribution in [-0.4, -0.2) is 92.2 Å². The minimum absolute atomic E-state index is 0.0108. The highest BCUT2D eigenvalue weighted by atomic mass is 32.2. The lowest BCUT2D eigenvalue weighted by Crippen LogP contribution is -2.67. The zero-order chi connectivity index (χ0) is 23.8. The number of hydrogen-bond acceptors (Lipinski definition) is 5. The topological polar surface area (TPSA) is 81.2 Å². The molecule has 2 heterocycles. The Morgan fingerprint density at radius 2 is 1.58 bits per heavy atom. The Hall–Kier alpha value is -2.26. The lowest BCUT2D eigenvalue weighted by Gasteiger charge is -2.57. The van der Waals surface area contributed by atoms with Crippen molar-refractivity contribution in [3.63, 3.8) is 0 Å². The van der Waals surface area contributed by atoms with Gasteiger partial charge in [-0.05, 0) is 48.2 Å². The predicted molar refractivity (Wildman–Crippen MR) is 130 cm³/mol. The number of sulfonamides is 1. The third-order valence-corrected chi connectivity index (χ3v) is 8.24. The molecule has 1 amide bonds. The Kier molecular flexibility index (Phi) is 6.91. The highest BCUT2D eigenvalue weighted by Gasteiger charge is 2.49. The summed E-state index contributed by atoms with van der Waals surface area (Å²) in [5, 5.41) is 10.1. The number of amides is 1. The first-order valence-electron chi connectivity index (χ1n) is 11.4. The summed E-state index contributed by atoms with van der Waals surface area (Å²) in [6.07, 6.45) is 3.05. The molecule has 0 bridgehead atoms. The van der Waals surface area contributed by atoms with E-state index in [9.17, 15) is 18.3 Å². The fourth-order valence-electron chi connectivity index (χ4n) is 5.17. The third-order valence-electron chi connectivity index (χ3n) is 6.97. The van der Waals surface area contributed by atoms with E-state index < -0.39 is 10.0 Å². The number of nitrogens with zero attached hydrogens (tertiary/aromatic N) is 3. The van der Waals surface area contributed by atoms with Gasteiger partial charge in [0.15, 0.2) is 0 Å². The number of carbonyl (C=O) groups is 1. The van der Waals surface area contributed by atoms with Crippen molar-refractivity contribution in [2.45, 2.75) is 30.8 Å². The molecule has 2 fully saturated rings. The summed E-state index contributed by atoms with van der Waals surface area (Å²) >= 11 is 0. The fraction of sp³-hybridized carbons (Fsp3) is 0.480. The van der Waals surface area contributed by atoms with Crippen LogP contribution in [0.15, 0.2) is 48.5 Å². The van der Waals surface area contributed by atoms with Gasteiger partial charge in [-0.2, -0.15) is 0 Å². The molecule has 178 valence electrons. The highest BCUT2D eigenvalue weighted by Crippen LogP contribution is 2.42. The highest BCUT2D eigenvalue weighted by molar-refractivity contribution is 7.88. The van der Waals surface area contributed by atoms with Crippen molar-refractivity contribution in [2.24, 2.45) is 0 Å². The van der Waals surface area contributed by atoms with Crippen molar-refractivity contribution >= 4 is 15.9 Å². The van der Waals surface area contributed by atoms with Crippen LogP contribution < -0.4 is 0 Å². The van der Waals surface area contributed by atoms with E-state index in [0.717, 1.165) is 36.1 Å². The number of fused-ring (bicyclic) bond motifs is 1. The summed E-state index contributed by atoms with van der Waals surface area (Å²) in [5.74, 6) is 0.0651. The molecule has 2 aromatic rings. The Labute approximate surface area is 196 Å². The summed E-state index contributed by atoms with van der Waals surface area (Å²) in [6, 6.07) is 16.0. The van der Waals surface area contributed by atoms with Crippen LogP contribution in [0.4, 0.5) is 0 Å². The van der Waals surface area contributed by atoms with Gasteiger partial charge in [0.1, 0.15) is 0 Å². The lowest BCUT2D eigenvalue weighted by molar-refractivity contribution is -0.0553. The summed E-state index contributed by atoms with van der Waals surface area (Å²) in [5.41, 5.74) is 3.85. The Morgan fingerprint density at radius 3 is 2.12 bits per heavy atom. The van der Waals surface area contributed by atoms with Crippen LogP contribution in [0.25, 0.3) is 11.1 Å². The second kappa shape index (κ2) is 9.54. The van der Waals surface area contributed by atoms with Gasteiger partial charge in [0.2, 0.25) is 10.0 Å². The van der Waals surface area contributed by atoms with Crippen molar-refractivity contribution in [1.82, 2.24) is 14.1 Å². The summed E-state index contributed by atoms with van der Waals surface area (Å²) in [6.45, 7) is 1.97. The summed E-state index contributed by atoms with van der Waals surface area (Å²) in [4.78, 5) is 16.0. The molecule has 2 saturated heterocycles. The number of hydrogen-bond donors (Lipinski definition) is 1. The van der Waals surface area contributed by atoms with Crippen molar-refractivity contribution in [2.75, 3.05) is 46.6 Å². The summed E-state index contributed by atoms with van der Waals surface area (Å²) < 4.78 is 26.1. The molecule has 4 rings (SSSR count). The smallest absolute Gasteiger partial charge is 0.253 e. The van der Waals surface area contributed by atoms with Crippen LogP contribution >= 0.6 is 0 Å². The number of aliphatic hydroxyl groups is 1. The van der Waals surface area contributed by atoms with Gasteiger partial charge in [-0.25, -0.2) is 12.7 Å². The molecule has 0 unspecified atom stereocenters. The maximum atomic E-state index is 12.3. The normalized spacial score (nSPS) is 24.3. The molecular weight excluding hydrogens is 438 g/mol. The van der Waals surface area contributed by atoms with Gasteiger partial charge in [-0.3, -0.25) is 9.69 Å². The molecule has 7 nitrogen and oxygen atoms in total. The third kappa shape index (κ3) is 4.84. The minimum atomic E-state index is -3.26. The molecule has 1 N–H and O–H groups in total. The first kappa shape index (κ1) is 23.9. The zero-order valence-corrected chi connectivity index (χ0v) is 20.3. The van der Waals surface area contributed by atoms with Gasteiger partial charge < -0.3 is 10.0 Å². The average Bonchev–Trinajstić information content (AvgIpc) is 2.77. The number of rotatable bonds is 5. The van der Waals surface area contributed by atoms with E-state index in [1.54, 1.807) is 23.3 Å². The quantitative estimate of drug-likeness (QED) is 0.723. The maximum absolute atomic E-state index is 12.3. The van der Waals surface area contributed by atoms with Crippen molar-refractivity contribution in [1.29, 1.82) is 0 Å². The second-order valence-corrected chi connectivity index (χ2v) is 11.3. The van der Waals surface area contributed by atoms with E-state index in [0.29, 0.717) is 18.7 Å². The van der Waals surface area contributed by atoms with Gasteiger partial charge in [0.25, 0.3) is 5.91 Å². The van der Waals surface area contributed by atoms with Crippen LogP contribution in [0.5, 0.6) is 0 Å². The van der Waals surface area contributed by atoms with E-state index in [2.05, 4.69) is 29.2 Å². The van der Waals surface area contributed by atoms with Crippen LogP contribution in [0.2, 0.25) is 0 Å². The van der Waals surface area contributed by atoms with E-state index in [1.165, 1.54) is 6.26 Å². The average molecular weight is 472 g/mol. The number of carbonyl (C=O) groups excluding carboxylic acids is 1. The molecule has 0 radical (unpaired) electrons. The van der Waals surface area contributed by atoms with Crippen LogP contribution in [0.3, 0.4) is 0 Å². The first-order chi connectivity index (χ1) is 15.7. The molecule has 2 aliphatic rings. The maximum Gasteiger partial charge on any atom is 0.253 e. The molecule has 0 spiro atoms. The van der Waals surface area contributed by atoms with Gasteiger partial charge in [0.05, 0.1) is 12.9 Å². The van der Waals surface area contributed by atoms with E-state index in [4.69, 9.17) is 0 Å². The van der Waals surface area contributed by atoms with Gasteiger partial charge >= 0.3 is 0 Å².